The smallest absolute Gasteiger partial charge is 0.244 e. The molecule has 0 saturated carbocycles. The molecule has 0 spiro atoms. The number of rotatable bonds is 6. The van der Waals surface area contributed by atoms with E-state index in [1.54, 1.807) is 11.8 Å². The van der Waals surface area contributed by atoms with Gasteiger partial charge in [-0.15, -0.1) is 11.8 Å². The number of nitrogens with one attached hydrogen (secondary N) is 3. The van der Waals surface area contributed by atoms with Crippen LogP contribution >= 0.6 is 11.8 Å². The van der Waals surface area contributed by atoms with E-state index in [0.29, 0.717) is 12.3 Å². The molecule has 3 amide bonds. The lowest BCUT2D eigenvalue weighted by Gasteiger charge is -2.26. The third-order valence-corrected chi connectivity index (χ3v) is 6.11. The Morgan fingerprint density at radius 3 is 2.52 bits per heavy atom. The molecular formula is C22H23F2N3O3S. The first-order chi connectivity index (χ1) is 14.8. The molecule has 1 heterocycles. The minimum Gasteiger partial charge on any atom is -0.353 e. The lowest BCUT2D eigenvalue weighted by atomic mass is 10.0. The summed E-state index contributed by atoms with van der Waals surface area (Å²) >= 11 is 1.56. The highest BCUT2D eigenvalue weighted by Gasteiger charge is 2.34. The molecule has 0 bridgehead atoms. The molecule has 2 aromatic carbocycles. The molecule has 1 saturated heterocycles. The third kappa shape index (κ3) is 6.27. The molecule has 1 fully saturated rings. The van der Waals surface area contributed by atoms with Crippen LogP contribution in [0.2, 0.25) is 0 Å². The Bertz CT molecular complexity index is 938. The maximum absolute atomic E-state index is 13.3. The van der Waals surface area contributed by atoms with Gasteiger partial charge in [-0.3, -0.25) is 14.4 Å². The molecule has 3 rings (SSSR count). The molecule has 164 valence electrons. The van der Waals surface area contributed by atoms with Gasteiger partial charge in [0.1, 0.15) is 23.7 Å². The van der Waals surface area contributed by atoms with E-state index in [1.165, 1.54) is 6.92 Å². The highest BCUT2D eigenvalue weighted by atomic mass is 32.2. The average Bonchev–Trinajstić information content (AvgIpc) is 2.89. The second-order valence-corrected chi connectivity index (χ2v) is 8.47. The SMILES string of the molecule is C[C@H](NC(=O)Cc1cc(F)cc(F)c1)C(=O)N[C@@H]1C(=O)NCCS[C@@H]1c1ccccc1. The monoisotopic (exact) mass is 447 g/mol. The summed E-state index contributed by atoms with van der Waals surface area (Å²) in [4.78, 5) is 37.5. The number of amides is 3. The Morgan fingerprint density at radius 1 is 1.16 bits per heavy atom. The van der Waals surface area contributed by atoms with Crippen molar-refractivity contribution in [3.8, 4) is 0 Å². The van der Waals surface area contributed by atoms with Crippen molar-refractivity contribution in [2.24, 2.45) is 0 Å². The lowest BCUT2D eigenvalue weighted by Crippen LogP contribution is -2.54. The summed E-state index contributed by atoms with van der Waals surface area (Å²) in [5.74, 6) is -2.24. The Balaban J connectivity index is 1.64. The summed E-state index contributed by atoms with van der Waals surface area (Å²) in [6.45, 7) is 1.98. The molecule has 0 aromatic heterocycles. The molecule has 0 aliphatic carbocycles. The van der Waals surface area contributed by atoms with Crippen LogP contribution in [-0.2, 0) is 20.8 Å². The molecule has 1 aliphatic rings. The number of benzene rings is 2. The summed E-state index contributed by atoms with van der Waals surface area (Å²) in [6, 6.07) is 10.5. The summed E-state index contributed by atoms with van der Waals surface area (Å²) in [5.41, 5.74) is 1.07. The first-order valence-corrected chi connectivity index (χ1v) is 10.9. The summed E-state index contributed by atoms with van der Waals surface area (Å²) < 4.78 is 26.6. The summed E-state index contributed by atoms with van der Waals surface area (Å²) in [6.07, 6.45) is -0.279. The third-order valence-electron chi connectivity index (χ3n) is 4.77. The lowest BCUT2D eigenvalue weighted by molar-refractivity contribution is -0.131. The fraction of sp³-hybridized carbons (Fsp3) is 0.318. The predicted molar refractivity (Wildman–Crippen MR) is 114 cm³/mol. The Morgan fingerprint density at radius 2 is 1.84 bits per heavy atom. The van der Waals surface area contributed by atoms with Crippen LogP contribution in [0.3, 0.4) is 0 Å². The number of carbonyl (C=O) groups excluding carboxylic acids is 3. The molecule has 3 N–H and O–H groups in total. The van der Waals surface area contributed by atoms with Gasteiger partial charge in [-0.1, -0.05) is 30.3 Å². The van der Waals surface area contributed by atoms with Gasteiger partial charge in [-0.25, -0.2) is 8.78 Å². The van der Waals surface area contributed by atoms with Crippen molar-refractivity contribution in [2.75, 3.05) is 12.3 Å². The van der Waals surface area contributed by atoms with E-state index >= 15 is 0 Å². The fourth-order valence-corrected chi connectivity index (χ4v) is 4.52. The van der Waals surface area contributed by atoms with Crippen LogP contribution in [0, 0.1) is 11.6 Å². The van der Waals surface area contributed by atoms with Gasteiger partial charge in [0.05, 0.1) is 11.7 Å². The quantitative estimate of drug-likeness (QED) is 0.633. The highest BCUT2D eigenvalue weighted by Crippen LogP contribution is 2.33. The van der Waals surface area contributed by atoms with Crippen molar-refractivity contribution in [1.82, 2.24) is 16.0 Å². The molecule has 9 heteroatoms. The second kappa shape index (κ2) is 10.4. The van der Waals surface area contributed by atoms with Gasteiger partial charge in [0.25, 0.3) is 0 Å². The Kier molecular flexibility index (Phi) is 7.62. The van der Waals surface area contributed by atoms with Gasteiger partial charge in [0, 0.05) is 18.4 Å². The van der Waals surface area contributed by atoms with Crippen molar-refractivity contribution in [1.29, 1.82) is 0 Å². The van der Waals surface area contributed by atoms with E-state index in [0.717, 1.165) is 23.8 Å². The molecule has 2 aromatic rings. The van der Waals surface area contributed by atoms with E-state index in [1.807, 2.05) is 30.3 Å². The Hall–Kier alpha value is -2.94. The van der Waals surface area contributed by atoms with E-state index in [2.05, 4.69) is 16.0 Å². The van der Waals surface area contributed by atoms with Gasteiger partial charge in [0.2, 0.25) is 17.7 Å². The zero-order valence-electron chi connectivity index (χ0n) is 16.9. The molecule has 1 aliphatic heterocycles. The van der Waals surface area contributed by atoms with E-state index in [4.69, 9.17) is 0 Å². The maximum atomic E-state index is 13.3. The highest BCUT2D eigenvalue weighted by molar-refractivity contribution is 7.99. The van der Waals surface area contributed by atoms with Crippen LogP contribution in [0.1, 0.15) is 23.3 Å². The van der Waals surface area contributed by atoms with Gasteiger partial charge >= 0.3 is 0 Å². The first-order valence-electron chi connectivity index (χ1n) is 9.82. The minimum absolute atomic E-state index is 0.159. The van der Waals surface area contributed by atoms with E-state index in [-0.39, 0.29) is 23.1 Å². The summed E-state index contributed by atoms with van der Waals surface area (Å²) in [7, 11) is 0. The van der Waals surface area contributed by atoms with Crippen LogP contribution in [0.5, 0.6) is 0 Å². The standard InChI is InChI=1S/C22H23F2N3O3S/c1-13(26-18(28)11-14-9-16(23)12-17(24)10-14)21(29)27-19-20(15-5-3-2-4-6-15)31-8-7-25-22(19)30/h2-6,9-10,12-13,19-20H,7-8,11H2,1H3,(H,25,30)(H,26,28)(H,27,29)/t13-,19-,20+/m0/s1. The number of carbonyl (C=O) groups is 3. The van der Waals surface area contributed by atoms with Gasteiger partial charge in [0.15, 0.2) is 0 Å². The van der Waals surface area contributed by atoms with Crippen LogP contribution in [0.4, 0.5) is 8.78 Å². The molecule has 0 radical (unpaired) electrons. The zero-order valence-corrected chi connectivity index (χ0v) is 17.7. The number of hydrogen-bond acceptors (Lipinski definition) is 4. The van der Waals surface area contributed by atoms with Crippen LogP contribution < -0.4 is 16.0 Å². The van der Waals surface area contributed by atoms with Gasteiger partial charge in [-0.05, 0) is 30.2 Å². The minimum atomic E-state index is -0.941. The van der Waals surface area contributed by atoms with Crippen molar-refractivity contribution in [3.05, 3.63) is 71.3 Å². The molecule has 31 heavy (non-hydrogen) atoms. The zero-order chi connectivity index (χ0) is 22.4. The van der Waals surface area contributed by atoms with E-state index < -0.39 is 35.5 Å². The van der Waals surface area contributed by atoms with Crippen LogP contribution in [-0.4, -0.2) is 42.1 Å². The normalized spacial score (nSPS) is 19.6. The van der Waals surface area contributed by atoms with Crippen LogP contribution in [0.25, 0.3) is 0 Å². The fourth-order valence-electron chi connectivity index (χ4n) is 3.31. The maximum Gasteiger partial charge on any atom is 0.244 e. The van der Waals surface area contributed by atoms with Crippen molar-refractivity contribution >= 4 is 29.5 Å². The summed E-state index contributed by atoms with van der Waals surface area (Å²) in [5, 5.41) is 7.76. The molecule has 3 atom stereocenters. The molecule has 0 unspecified atom stereocenters. The van der Waals surface area contributed by atoms with Crippen molar-refractivity contribution in [2.45, 2.75) is 30.7 Å². The van der Waals surface area contributed by atoms with Gasteiger partial charge in [-0.2, -0.15) is 0 Å². The first kappa shape index (κ1) is 22.7. The molecular weight excluding hydrogens is 424 g/mol. The number of hydrogen-bond donors (Lipinski definition) is 3. The van der Waals surface area contributed by atoms with Gasteiger partial charge < -0.3 is 16.0 Å². The van der Waals surface area contributed by atoms with Crippen molar-refractivity contribution < 1.29 is 23.2 Å². The van der Waals surface area contributed by atoms with E-state index in [9.17, 15) is 23.2 Å². The molecule has 6 nitrogen and oxygen atoms in total. The topological polar surface area (TPSA) is 87.3 Å². The van der Waals surface area contributed by atoms with Crippen LogP contribution in [0.15, 0.2) is 48.5 Å². The number of halogens is 2. The largest absolute Gasteiger partial charge is 0.353 e. The predicted octanol–water partition coefficient (Wildman–Crippen LogP) is 2.10. The Labute approximate surface area is 183 Å². The number of thioether (sulfide) groups is 1. The average molecular weight is 448 g/mol. The second-order valence-electron chi connectivity index (χ2n) is 7.22. The van der Waals surface area contributed by atoms with Crippen molar-refractivity contribution in [3.63, 3.8) is 0 Å².